The number of quaternary nitrogens is 1. The topological polar surface area (TPSA) is 83.8 Å². The van der Waals surface area contributed by atoms with Gasteiger partial charge in [-0.2, -0.15) is 0 Å². The molecule has 31 heavy (non-hydrogen) atoms. The van der Waals surface area contributed by atoms with E-state index in [4.69, 9.17) is 9.84 Å². The number of aliphatic carboxylic acids is 1. The van der Waals surface area contributed by atoms with E-state index in [0.29, 0.717) is 17.4 Å². The molecular formula is C25H48NO5+. The molecule has 2 N–H and O–H groups in total. The molecule has 0 aromatic rings. The molecular weight excluding hydrogens is 394 g/mol. The van der Waals surface area contributed by atoms with E-state index < -0.39 is 24.1 Å². The lowest BCUT2D eigenvalue weighted by atomic mass is 10.0. The molecule has 0 aliphatic rings. The molecule has 0 aromatic carbocycles. The number of hydrogen-bond acceptors (Lipinski definition) is 4. The molecule has 0 amide bonds. The number of carboxylic acids is 1. The molecule has 0 aliphatic heterocycles. The summed E-state index contributed by atoms with van der Waals surface area (Å²) < 4.78 is 5.83. The summed E-state index contributed by atoms with van der Waals surface area (Å²) in [6, 6.07) is 0. The van der Waals surface area contributed by atoms with Crippen LogP contribution in [0.4, 0.5) is 0 Å². The standard InChI is InChI=1S/C25H47NO5/c1-5-6-7-8-9-10-11-12-13-14-15-16-17-18-22(27)19-25(30)31-23(20-24(28)29)21-26(2,3)4/h10-11,22-23,27H,5-9,12-21H2,1-4H3/p+1/b11-10-/t22-,23-/m1/s1. The zero-order valence-electron chi connectivity index (χ0n) is 20.5. The van der Waals surface area contributed by atoms with Crippen LogP contribution in [-0.2, 0) is 14.3 Å². The van der Waals surface area contributed by atoms with E-state index in [1.807, 2.05) is 21.1 Å². The van der Waals surface area contributed by atoms with Crippen LogP contribution in [0, 0.1) is 0 Å². The van der Waals surface area contributed by atoms with Gasteiger partial charge >= 0.3 is 11.9 Å². The summed E-state index contributed by atoms with van der Waals surface area (Å²) in [5.74, 6) is -1.51. The molecule has 0 saturated carbocycles. The first-order valence-corrected chi connectivity index (χ1v) is 12.2. The van der Waals surface area contributed by atoms with Crippen LogP contribution in [0.15, 0.2) is 12.2 Å². The van der Waals surface area contributed by atoms with Crippen LogP contribution in [0.1, 0.15) is 96.8 Å². The molecule has 0 fully saturated rings. The lowest BCUT2D eigenvalue weighted by Crippen LogP contribution is -2.44. The third-order valence-corrected chi connectivity index (χ3v) is 5.15. The van der Waals surface area contributed by atoms with Gasteiger partial charge in [0, 0.05) is 0 Å². The van der Waals surface area contributed by atoms with Crippen LogP contribution >= 0.6 is 0 Å². The van der Waals surface area contributed by atoms with Crippen molar-refractivity contribution < 1.29 is 29.0 Å². The van der Waals surface area contributed by atoms with Crippen LogP contribution in [0.5, 0.6) is 0 Å². The number of likely N-dealkylation sites (N-methyl/N-ethyl adjacent to an activating group) is 1. The highest BCUT2D eigenvalue weighted by Gasteiger charge is 2.25. The van der Waals surface area contributed by atoms with Gasteiger partial charge in [-0.05, 0) is 32.1 Å². The Morgan fingerprint density at radius 1 is 0.871 bits per heavy atom. The minimum absolute atomic E-state index is 0.0731. The maximum atomic E-state index is 12.1. The van der Waals surface area contributed by atoms with E-state index in [9.17, 15) is 14.7 Å². The summed E-state index contributed by atoms with van der Waals surface area (Å²) in [5.41, 5.74) is 0. The van der Waals surface area contributed by atoms with E-state index in [2.05, 4.69) is 19.1 Å². The number of unbranched alkanes of at least 4 members (excludes halogenated alkanes) is 9. The number of ether oxygens (including phenoxy) is 1. The predicted molar refractivity (Wildman–Crippen MR) is 126 cm³/mol. The first kappa shape index (κ1) is 29.6. The SMILES string of the molecule is CCCCCC/C=C\CCCCCCC[C@@H](O)CC(=O)O[C@H](CC(=O)O)C[N+](C)(C)C. The van der Waals surface area contributed by atoms with Crippen molar-refractivity contribution in [3.8, 4) is 0 Å². The second kappa shape index (κ2) is 18.2. The number of carbonyl (C=O) groups excluding carboxylic acids is 1. The average molecular weight is 443 g/mol. The zero-order chi connectivity index (χ0) is 23.5. The number of carbonyl (C=O) groups is 2. The van der Waals surface area contributed by atoms with Gasteiger partial charge in [0.25, 0.3) is 0 Å². The van der Waals surface area contributed by atoms with E-state index in [0.717, 1.165) is 25.7 Å². The normalized spacial score (nSPS) is 14.0. The molecule has 0 aromatic heterocycles. The largest absolute Gasteiger partial charge is 0.481 e. The molecule has 0 spiro atoms. The molecule has 2 atom stereocenters. The average Bonchev–Trinajstić information content (AvgIpc) is 2.63. The third-order valence-electron chi connectivity index (χ3n) is 5.15. The maximum absolute atomic E-state index is 12.1. The van der Waals surface area contributed by atoms with Crippen molar-refractivity contribution in [3.05, 3.63) is 12.2 Å². The van der Waals surface area contributed by atoms with Gasteiger partial charge in [-0.15, -0.1) is 0 Å². The number of rotatable bonds is 20. The highest BCUT2D eigenvalue weighted by Crippen LogP contribution is 2.13. The van der Waals surface area contributed by atoms with Crippen molar-refractivity contribution in [1.82, 2.24) is 0 Å². The van der Waals surface area contributed by atoms with Gasteiger partial charge < -0.3 is 19.4 Å². The van der Waals surface area contributed by atoms with Crippen molar-refractivity contribution in [2.45, 2.75) is 109 Å². The number of allylic oxidation sites excluding steroid dienone is 2. The van der Waals surface area contributed by atoms with Gasteiger partial charge in [-0.1, -0.05) is 64.0 Å². The second-order valence-electron chi connectivity index (χ2n) is 9.71. The highest BCUT2D eigenvalue weighted by molar-refractivity contribution is 5.71. The first-order chi connectivity index (χ1) is 14.6. The van der Waals surface area contributed by atoms with Gasteiger partial charge in [0.15, 0.2) is 6.10 Å². The minimum atomic E-state index is -0.991. The molecule has 182 valence electrons. The van der Waals surface area contributed by atoms with Crippen molar-refractivity contribution >= 4 is 11.9 Å². The van der Waals surface area contributed by atoms with Gasteiger partial charge in [0.1, 0.15) is 6.54 Å². The fraction of sp³-hybridized carbons (Fsp3) is 0.840. The van der Waals surface area contributed by atoms with Crippen molar-refractivity contribution in [1.29, 1.82) is 0 Å². The second-order valence-corrected chi connectivity index (χ2v) is 9.71. The molecule has 0 rings (SSSR count). The molecule has 0 bridgehead atoms. The van der Waals surface area contributed by atoms with Crippen LogP contribution < -0.4 is 0 Å². The smallest absolute Gasteiger partial charge is 0.308 e. The van der Waals surface area contributed by atoms with Crippen molar-refractivity contribution in [3.63, 3.8) is 0 Å². The molecule has 0 radical (unpaired) electrons. The fourth-order valence-electron chi connectivity index (χ4n) is 3.57. The predicted octanol–water partition coefficient (Wildman–Crippen LogP) is 5.09. The first-order valence-electron chi connectivity index (χ1n) is 12.2. The van der Waals surface area contributed by atoms with Gasteiger partial charge in [-0.3, -0.25) is 9.59 Å². The lowest BCUT2D eigenvalue weighted by molar-refractivity contribution is -0.873. The molecule has 6 heteroatoms. The minimum Gasteiger partial charge on any atom is -0.481 e. The Balaban J connectivity index is 3.81. The Kier molecular flexibility index (Phi) is 17.4. The summed E-state index contributed by atoms with van der Waals surface area (Å²) >= 11 is 0. The van der Waals surface area contributed by atoms with Gasteiger partial charge in [0.2, 0.25) is 0 Å². The quantitative estimate of drug-likeness (QED) is 0.119. The van der Waals surface area contributed by atoms with E-state index in [1.165, 1.54) is 44.9 Å². The molecule has 0 saturated heterocycles. The summed E-state index contributed by atoms with van der Waals surface area (Å²) in [4.78, 5) is 23.1. The Morgan fingerprint density at radius 3 is 1.97 bits per heavy atom. The summed E-state index contributed by atoms with van der Waals surface area (Å²) in [5, 5.41) is 19.1. The number of esters is 1. The van der Waals surface area contributed by atoms with Crippen molar-refractivity contribution in [2.24, 2.45) is 0 Å². The summed E-state index contributed by atoms with van der Waals surface area (Å²) in [6.45, 7) is 2.65. The lowest BCUT2D eigenvalue weighted by Gasteiger charge is -2.28. The van der Waals surface area contributed by atoms with Crippen LogP contribution in [-0.4, -0.2) is 66.5 Å². The maximum Gasteiger partial charge on any atom is 0.308 e. The van der Waals surface area contributed by atoms with Crippen molar-refractivity contribution in [2.75, 3.05) is 27.7 Å². The molecule has 6 nitrogen and oxygen atoms in total. The number of aliphatic hydroxyl groups excluding tert-OH is 1. The van der Waals surface area contributed by atoms with E-state index in [1.54, 1.807) is 0 Å². The monoisotopic (exact) mass is 442 g/mol. The van der Waals surface area contributed by atoms with Gasteiger partial charge in [0.05, 0.1) is 40.1 Å². The van der Waals surface area contributed by atoms with Crippen LogP contribution in [0.2, 0.25) is 0 Å². The Bertz CT molecular complexity index is 499. The highest BCUT2D eigenvalue weighted by atomic mass is 16.5. The Morgan fingerprint density at radius 2 is 1.42 bits per heavy atom. The third kappa shape index (κ3) is 21.6. The van der Waals surface area contributed by atoms with Gasteiger partial charge in [-0.25, -0.2) is 0 Å². The molecule has 0 heterocycles. The van der Waals surface area contributed by atoms with Crippen LogP contribution in [0.25, 0.3) is 0 Å². The number of nitrogens with zero attached hydrogens (tertiary/aromatic N) is 1. The number of hydrogen-bond donors (Lipinski definition) is 2. The molecule has 0 aliphatic carbocycles. The van der Waals surface area contributed by atoms with E-state index >= 15 is 0 Å². The Hall–Kier alpha value is -1.40. The zero-order valence-corrected chi connectivity index (χ0v) is 20.5. The number of aliphatic hydroxyl groups is 1. The van der Waals surface area contributed by atoms with E-state index in [-0.39, 0.29) is 12.8 Å². The summed E-state index contributed by atoms with van der Waals surface area (Å²) in [7, 11) is 5.76. The molecule has 0 unspecified atom stereocenters. The fourth-order valence-corrected chi connectivity index (χ4v) is 3.57. The summed E-state index contributed by atoms with van der Waals surface area (Å²) in [6.07, 6.45) is 16.6. The Labute approximate surface area is 190 Å². The van der Waals surface area contributed by atoms with Crippen LogP contribution in [0.3, 0.4) is 0 Å². The number of carboxylic acid groups (broad SMARTS) is 1.